The lowest BCUT2D eigenvalue weighted by atomic mass is 10.1. The number of benzene rings is 1. The summed E-state index contributed by atoms with van der Waals surface area (Å²) in [6.45, 7) is 4.63. The highest BCUT2D eigenvalue weighted by Crippen LogP contribution is 2.15. The molecule has 2 amide bonds. The SMILES string of the molecule is Cc1ccc(C(=O)N2CCN(C(=O)C3CCCN3)CC2)cc1F. The number of carbonyl (C=O) groups is 2. The zero-order valence-corrected chi connectivity index (χ0v) is 13.3. The van der Waals surface area contributed by atoms with Gasteiger partial charge < -0.3 is 15.1 Å². The van der Waals surface area contributed by atoms with Gasteiger partial charge in [-0.05, 0) is 44.0 Å². The molecule has 3 rings (SSSR count). The molecule has 0 bridgehead atoms. The van der Waals surface area contributed by atoms with Gasteiger partial charge in [0.1, 0.15) is 5.82 Å². The molecule has 1 aromatic carbocycles. The number of halogens is 1. The summed E-state index contributed by atoms with van der Waals surface area (Å²) in [5.41, 5.74) is 0.895. The van der Waals surface area contributed by atoms with Crippen LogP contribution in [0.3, 0.4) is 0 Å². The monoisotopic (exact) mass is 319 g/mol. The molecule has 2 saturated heterocycles. The van der Waals surface area contributed by atoms with Crippen molar-refractivity contribution in [2.75, 3.05) is 32.7 Å². The van der Waals surface area contributed by atoms with E-state index < -0.39 is 0 Å². The molecule has 5 nitrogen and oxygen atoms in total. The fourth-order valence-corrected chi connectivity index (χ4v) is 3.15. The van der Waals surface area contributed by atoms with E-state index in [4.69, 9.17) is 0 Å². The van der Waals surface area contributed by atoms with E-state index in [9.17, 15) is 14.0 Å². The van der Waals surface area contributed by atoms with Crippen LogP contribution in [0.1, 0.15) is 28.8 Å². The van der Waals surface area contributed by atoms with Crippen LogP contribution in [0, 0.1) is 12.7 Å². The number of piperazine rings is 1. The third-order valence-corrected chi connectivity index (χ3v) is 4.66. The predicted molar refractivity (Wildman–Crippen MR) is 84.6 cm³/mol. The second-order valence-corrected chi connectivity index (χ2v) is 6.23. The summed E-state index contributed by atoms with van der Waals surface area (Å²) in [5, 5.41) is 3.21. The summed E-state index contributed by atoms with van der Waals surface area (Å²) in [6.07, 6.45) is 1.93. The third kappa shape index (κ3) is 3.37. The van der Waals surface area contributed by atoms with Gasteiger partial charge in [-0.25, -0.2) is 4.39 Å². The predicted octanol–water partition coefficient (Wildman–Crippen LogP) is 1.17. The summed E-state index contributed by atoms with van der Waals surface area (Å²) < 4.78 is 13.6. The van der Waals surface area contributed by atoms with E-state index in [1.165, 1.54) is 6.07 Å². The Bertz CT molecular complexity index is 606. The van der Waals surface area contributed by atoms with E-state index in [1.54, 1.807) is 24.0 Å². The highest BCUT2D eigenvalue weighted by molar-refractivity contribution is 5.94. The van der Waals surface area contributed by atoms with Crippen LogP contribution in [0.2, 0.25) is 0 Å². The van der Waals surface area contributed by atoms with Gasteiger partial charge >= 0.3 is 0 Å². The van der Waals surface area contributed by atoms with Crippen LogP contribution in [0.5, 0.6) is 0 Å². The van der Waals surface area contributed by atoms with E-state index in [0.29, 0.717) is 37.3 Å². The van der Waals surface area contributed by atoms with Gasteiger partial charge in [0, 0.05) is 31.7 Å². The van der Waals surface area contributed by atoms with Crippen molar-refractivity contribution in [1.29, 1.82) is 0 Å². The van der Waals surface area contributed by atoms with Gasteiger partial charge in [-0.15, -0.1) is 0 Å². The van der Waals surface area contributed by atoms with E-state index in [-0.39, 0.29) is 23.7 Å². The van der Waals surface area contributed by atoms with Crippen molar-refractivity contribution in [1.82, 2.24) is 15.1 Å². The van der Waals surface area contributed by atoms with Crippen LogP contribution in [0.15, 0.2) is 18.2 Å². The first-order valence-corrected chi connectivity index (χ1v) is 8.14. The van der Waals surface area contributed by atoms with E-state index in [0.717, 1.165) is 19.4 Å². The smallest absolute Gasteiger partial charge is 0.254 e. The number of hydrogen-bond donors (Lipinski definition) is 1. The number of nitrogens with zero attached hydrogens (tertiary/aromatic N) is 2. The highest BCUT2D eigenvalue weighted by Gasteiger charge is 2.30. The molecule has 0 spiro atoms. The summed E-state index contributed by atoms with van der Waals surface area (Å²) in [4.78, 5) is 28.3. The Morgan fingerprint density at radius 2 is 1.87 bits per heavy atom. The molecule has 23 heavy (non-hydrogen) atoms. The van der Waals surface area contributed by atoms with Gasteiger partial charge in [0.05, 0.1) is 6.04 Å². The van der Waals surface area contributed by atoms with Crippen molar-refractivity contribution in [3.8, 4) is 0 Å². The van der Waals surface area contributed by atoms with Crippen molar-refractivity contribution >= 4 is 11.8 Å². The average molecular weight is 319 g/mol. The molecule has 2 fully saturated rings. The molecule has 124 valence electrons. The molecule has 1 atom stereocenters. The molecule has 2 heterocycles. The molecule has 0 aromatic heterocycles. The van der Waals surface area contributed by atoms with Crippen molar-refractivity contribution in [2.24, 2.45) is 0 Å². The average Bonchev–Trinajstić information content (AvgIpc) is 3.11. The summed E-state index contributed by atoms with van der Waals surface area (Å²) >= 11 is 0. The Labute approximate surface area is 135 Å². The van der Waals surface area contributed by atoms with Crippen LogP contribution in [-0.4, -0.2) is 60.4 Å². The molecule has 2 aliphatic rings. The molecule has 1 N–H and O–H groups in total. The number of nitrogens with one attached hydrogen (secondary N) is 1. The third-order valence-electron chi connectivity index (χ3n) is 4.66. The maximum Gasteiger partial charge on any atom is 0.254 e. The van der Waals surface area contributed by atoms with Gasteiger partial charge in [0.15, 0.2) is 0 Å². The van der Waals surface area contributed by atoms with Gasteiger partial charge in [-0.3, -0.25) is 9.59 Å². The molecule has 1 aromatic rings. The summed E-state index contributed by atoms with van der Waals surface area (Å²) in [7, 11) is 0. The topological polar surface area (TPSA) is 52.7 Å². The minimum atomic E-state index is -0.364. The molecule has 0 saturated carbocycles. The Morgan fingerprint density at radius 3 is 2.48 bits per heavy atom. The van der Waals surface area contributed by atoms with Gasteiger partial charge in [0.25, 0.3) is 5.91 Å². The van der Waals surface area contributed by atoms with Crippen molar-refractivity contribution in [3.63, 3.8) is 0 Å². The first-order valence-electron chi connectivity index (χ1n) is 8.14. The second kappa shape index (κ2) is 6.66. The minimum absolute atomic E-state index is 0.0663. The number of rotatable bonds is 2. The van der Waals surface area contributed by atoms with Crippen LogP contribution in [-0.2, 0) is 4.79 Å². The van der Waals surface area contributed by atoms with Gasteiger partial charge in [-0.1, -0.05) is 6.07 Å². The van der Waals surface area contributed by atoms with Gasteiger partial charge in [-0.2, -0.15) is 0 Å². The van der Waals surface area contributed by atoms with Crippen molar-refractivity contribution < 1.29 is 14.0 Å². The van der Waals surface area contributed by atoms with E-state index in [1.807, 2.05) is 4.90 Å². The molecule has 1 unspecified atom stereocenters. The molecule has 6 heteroatoms. The molecular formula is C17H22FN3O2. The lowest BCUT2D eigenvalue weighted by molar-refractivity contribution is -0.134. The minimum Gasteiger partial charge on any atom is -0.338 e. The maximum absolute atomic E-state index is 13.6. The van der Waals surface area contributed by atoms with Crippen LogP contribution in [0.4, 0.5) is 4.39 Å². The normalized spacial score (nSPS) is 21.6. The number of hydrogen-bond acceptors (Lipinski definition) is 3. The Kier molecular flexibility index (Phi) is 4.61. The summed E-state index contributed by atoms with van der Waals surface area (Å²) in [6, 6.07) is 4.50. The Hall–Kier alpha value is -1.95. The first-order chi connectivity index (χ1) is 11.1. The molecule has 0 radical (unpaired) electrons. The first kappa shape index (κ1) is 15.9. The zero-order valence-electron chi connectivity index (χ0n) is 13.3. The molecule has 0 aliphatic carbocycles. The fourth-order valence-electron chi connectivity index (χ4n) is 3.15. The van der Waals surface area contributed by atoms with E-state index >= 15 is 0 Å². The fraction of sp³-hybridized carbons (Fsp3) is 0.529. The van der Waals surface area contributed by atoms with Crippen molar-refractivity contribution in [3.05, 3.63) is 35.1 Å². The molecule has 2 aliphatic heterocycles. The quantitative estimate of drug-likeness (QED) is 0.890. The lowest BCUT2D eigenvalue weighted by Crippen LogP contribution is -2.54. The zero-order chi connectivity index (χ0) is 16.4. The Balaban J connectivity index is 1.58. The number of amides is 2. The van der Waals surface area contributed by atoms with Crippen molar-refractivity contribution in [2.45, 2.75) is 25.8 Å². The van der Waals surface area contributed by atoms with Crippen LogP contribution >= 0.6 is 0 Å². The maximum atomic E-state index is 13.6. The highest BCUT2D eigenvalue weighted by atomic mass is 19.1. The van der Waals surface area contributed by atoms with Gasteiger partial charge in [0.2, 0.25) is 5.91 Å². The Morgan fingerprint density at radius 1 is 1.17 bits per heavy atom. The molecular weight excluding hydrogens is 297 g/mol. The number of carbonyl (C=O) groups excluding carboxylic acids is 2. The van der Waals surface area contributed by atoms with Crippen LogP contribution < -0.4 is 5.32 Å². The number of aryl methyl sites for hydroxylation is 1. The van der Waals surface area contributed by atoms with E-state index in [2.05, 4.69) is 5.32 Å². The van der Waals surface area contributed by atoms with Crippen LogP contribution in [0.25, 0.3) is 0 Å². The summed E-state index contributed by atoms with van der Waals surface area (Å²) in [5.74, 6) is -0.400. The largest absolute Gasteiger partial charge is 0.338 e. The standard InChI is InChI=1S/C17H22FN3O2/c1-12-4-5-13(11-14(12)18)16(22)20-7-9-21(10-8-20)17(23)15-3-2-6-19-15/h4-5,11,15,19H,2-3,6-10H2,1H3. The second-order valence-electron chi connectivity index (χ2n) is 6.23. The lowest BCUT2D eigenvalue weighted by Gasteiger charge is -2.36.